The van der Waals surface area contributed by atoms with Crippen LogP contribution in [0.25, 0.3) is 27.6 Å². The molecule has 1 aliphatic heterocycles. The Morgan fingerprint density at radius 1 is 0.517 bits per heavy atom. The highest BCUT2D eigenvalue weighted by Crippen LogP contribution is 2.65. The normalized spacial score (nSPS) is 23.2. The van der Waals surface area contributed by atoms with Crippen LogP contribution in [0.3, 0.4) is 0 Å². The van der Waals surface area contributed by atoms with Gasteiger partial charge in [-0.3, -0.25) is 4.57 Å². The number of benzene rings is 6. The van der Waals surface area contributed by atoms with Crippen molar-refractivity contribution in [3.63, 3.8) is 0 Å². The van der Waals surface area contributed by atoms with Crippen molar-refractivity contribution in [1.29, 1.82) is 0 Å². The predicted octanol–water partition coefficient (Wildman–Crippen LogP) is 12.9. The summed E-state index contributed by atoms with van der Waals surface area (Å²) in [6, 6.07) is 60.5. The lowest BCUT2D eigenvalue weighted by Gasteiger charge is -2.62. The molecular weight excluding hydrogens is 707 g/mol. The van der Waals surface area contributed by atoms with Crippen molar-refractivity contribution in [3.8, 4) is 5.82 Å². The van der Waals surface area contributed by atoms with Crippen molar-refractivity contribution in [2.45, 2.75) is 37.5 Å². The van der Waals surface area contributed by atoms with Crippen LogP contribution in [0, 0.1) is 23.7 Å². The van der Waals surface area contributed by atoms with Gasteiger partial charge in [0.05, 0.1) is 22.4 Å². The van der Waals surface area contributed by atoms with Gasteiger partial charge < -0.3 is 14.7 Å². The Kier molecular flexibility index (Phi) is 7.63. The number of rotatable bonds is 7. The number of hydrogen-bond acceptors (Lipinski definition) is 4. The molecule has 5 nitrogen and oxygen atoms in total. The van der Waals surface area contributed by atoms with Crippen LogP contribution in [0.15, 0.2) is 170 Å². The van der Waals surface area contributed by atoms with E-state index >= 15 is 0 Å². The Balaban J connectivity index is 0.948. The minimum atomic E-state index is 0.0233. The summed E-state index contributed by atoms with van der Waals surface area (Å²) in [6.45, 7) is 0.753. The number of anilines is 6. The maximum Gasteiger partial charge on any atom is 0.137 e. The van der Waals surface area contributed by atoms with E-state index in [1.165, 1.54) is 87.8 Å². The van der Waals surface area contributed by atoms with Crippen LogP contribution in [0.2, 0.25) is 0 Å². The van der Waals surface area contributed by atoms with Crippen molar-refractivity contribution < 1.29 is 0 Å². The SMILES string of the molecule is CN(c1cccc(N2CN(c3ccccc3)c3ccccc32)c1)c1ccc2c3ccccc3n(-c3cc(C4(c5ccccc5)C5CC6CC(C5)CC4C6)ccn3)c2c1. The van der Waals surface area contributed by atoms with Gasteiger partial charge in [-0.2, -0.15) is 0 Å². The average Bonchev–Trinajstić information content (AvgIpc) is 3.83. The molecule has 0 spiro atoms. The molecule has 4 bridgehead atoms. The van der Waals surface area contributed by atoms with Gasteiger partial charge in [-0.05, 0) is 140 Å². The number of pyridine rings is 1. The molecule has 0 N–H and O–H groups in total. The third-order valence-electron chi connectivity index (χ3n) is 14.5. The fourth-order valence-corrected chi connectivity index (χ4v) is 12.2. The molecule has 0 saturated heterocycles. The number of hydrogen-bond donors (Lipinski definition) is 0. The second kappa shape index (κ2) is 13.1. The first kappa shape index (κ1) is 33.8. The topological polar surface area (TPSA) is 27.5 Å². The second-order valence-corrected chi connectivity index (χ2v) is 17.4. The van der Waals surface area contributed by atoms with Crippen LogP contribution < -0.4 is 14.7 Å². The van der Waals surface area contributed by atoms with Crippen LogP contribution in [0.4, 0.5) is 34.1 Å². The van der Waals surface area contributed by atoms with Gasteiger partial charge in [0, 0.05) is 52.2 Å². The van der Waals surface area contributed by atoms with Gasteiger partial charge in [-0.15, -0.1) is 0 Å². The predicted molar refractivity (Wildman–Crippen MR) is 239 cm³/mol. The van der Waals surface area contributed by atoms with Crippen molar-refractivity contribution in [2.75, 3.05) is 28.4 Å². The second-order valence-electron chi connectivity index (χ2n) is 17.4. The van der Waals surface area contributed by atoms with Crippen molar-refractivity contribution >= 4 is 55.9 Å². The Morgan fingerprint density at radius 2 is 1.14 bits per heavy atom. The first-order valence-electron chi connectivity index (χ1n) is 21.2. The fraction of sp³-hybridized carbons (Fsp3) is 0.226. The van der Waals surface area contributed by atoms with Gasteiger partial charge in [-0.1, -0.05) is 91.0 Å². The lowest BCUT2D eigenvalue weighted by Crippen LogP contribution is -2.56. The van der Waals surface area contributed by atoms with Crippen LogP contribution in [-0.4, -0.2) is 23.3 Å². The molecule has 0 unspecified atom stereocenters. The monoisotopic (exact) mass is 753 g/mol. The zero-order valence-electron chi connectivity index (χ0n) is 33.0. The molecule has 5 aliphatic rings. The Bertz CT molecular complexity index is 2800. The van der Waals surface area contributed by atoms with Gasteiger partial charge in [-0.25, -0.2) is 4.98 Å². The van der Waals surface area contributed by atoms with E-state index in [2.05, 4.69) is 196 Å². The van der Waals surface area contributed by atoms with Crippen LogP contribution in [0.1, 0.15) is 43.2 Å². The number of aromatic nitrogens is 2. The maximum atomic E-state index is 5.19. The quantitative estimate of drug-likeness (QED) is 0.162. The highest BCUT2D eigenvalue weighted by atomic mass is 15.4. The maximum absolute atomic E-state index is 5.19. The zero-order chi connectivity index (χ0) is 38.4. The molecule has 3 heterocycles. The number of fused-ring (bicyclic) bond motifs is 4. The molecule has 2 aromatic heterocycles. The molecule has 284 valence electrons. The molecular formula is C53H47N5. The molecule has 6 aromatic carbocycles. The minimum Gasteiger partial charge on any atom is -0.344 e. The van der Waals surface area contributed by atoms with Crippen LogP contribution in [-0.2, 0) is 5.41 Å². The van der Waals surface area contributed by atoms with E-state index in [0.717, 1.165) is 35.7 Å². The fourth-order valence-electron chi connectivity index (χ4n) is 12.2. The molecule has 0 amide bonds. The van der Waals surface area contributed by atoms with Crippen LogP contribution in [0.5, 0.6) is 0 Å². The van der Waals surface area contributed by atoms with E-state index in [1.807, 2.05) is 0 Å². The van der Waals surface area contributed by atoms with E-state index in [4.69, 9.17) is 4.98 Å². The van der Waals surface area contributed by atoms with E-state index in [1.54, 1.807) is 0 Å². The lowest BCUT2D eigenvalue weighted by atomic mass is 9.42. The molecule has 4 fully saturated rings. The molecule has 8 aromatic rings. The summed E-state index contributed by atoms with van der Waals surface area (Å²) >= 11 is 0. The third-order valence-corrected chi connectivity index (χ3v) is 14.5. The molecule has 0 atom stereocenters. The van der Waals surface area contributed by atoms with Crippen molar-refractivity contribution in [2.24, 2.45) is 23.7 Å². The molecule has 4 aliphatic carbocycles. The Hall–Kier alpha value is -6.33. The molecule has 5 heteroatoms. The van der Waals surface area contributed by atoms with Gasteiger partial charge >= 0.3 is 0 Å². The average molecular weight is 754 g/mol. The first-order valence-corrected chi connectivity index (χ1v) is 21.2. The summed E-state index contributed by atoms with van der Waals surface area (Å²) in [5.74, 6) is 4.13. The number of nitrogens with zero attached hydrogens (tertiary/aromatic N) is 5. The van der Waals surface area contributed by atoms with Crippen molar-refractivity contribution in [3.05, 3.63) is 181 Å². The van der Waals surface area contributed by atoms with Gasteiger partial charge in [0.15, 0.2) is 0 Å². The summed E-state index contributed by atoms with van der Waals surface area (Å²) < 4.78 is 2.43. The molecule has 13 rings (SSSR count). The number of para-hydroxylation sites is 4. The highest BCUT2D eigenvalue weighted by Gasteiger charge is 2.58. The summed E-state index contributed by atoms with van der Waals surface area (Å²) in [4.78, 5) is 12.3. The minimum absolute atomic E-state index is 0.0233. The van der Waals surface area contributed by atoms with E-state index in [0.29, 0.717) is 11.8 Å². The summed E-state index contributed by atoms with van der Waals surface area (Å²) in [6.07, 6.45) is 8.93. The summed E-state index contributed by atoms with van der Waals surface area (Å²) in [7, 11) is 2.19. The third kappa shape index (κ3) is 5.05. The molecule has 0 radical (unpaired) electrons. The largest absolute Gasteiger partial charge is 0.344 e. The standard InChI is InChI=1S/C53H47N5/c1-55(43-17-12-18-45(33-43)57-35-56(42-15-6-3-7-16-42)49-21-10-11-22-50(49)57)44-23-24-47-46-19-8-9-20-48(46)58(51(47)34-44)52-32-39(25-26-54-52)53(38-13-4-2-5-14-38)40-28-36-27-37(30-40)31-41(53)29-36/h2-26,32-34,36-37,40-41H,27-31,35H2,1H3. The summed E-state index contributed by atoms with van der Waals surface area (Å²) in [5, 5.41) is 2.50. The molecule has 4 saturated carbocycles. The van der Waals surface area contributed by atoms with Gasteiger partial charge in [0.1, 0.15) is 12.5 Å². The Labute approximate surface area is 340 Å². The van der Waals surface area contributed by atoms with Gasteiger partial charge in [0.25, 0.3) is 0 Å². The Morgan fingerprint density at radius 3 is 1.90 bits per heavy atom. The smallest absolute Gasteiger partial charge is 0.137 e. The van der Waals surface area contributed by atoms with E-state index in [-0.39, 0.29) is 5.41 Å². The molecule has 58 heavy (non-hydrogen) atoms. The zero-order valence-corrected chi connectivity index (χ0v) is 33.0. The van der Waals surface area contributed by atoms with Gasteiger partial charge in [0.2, 0.25) is 0 Å². The first-order chi connectivity index (χ1) is 28.6. The lowest BCUT2D eigenvalue weighted by molar-refractivity contribution is -0.0418. The van der Waals surface area contributed by atoms with E-state index < -0.39 is 0 Å². The summed E-state index contributed by atoms with van der Waals surface area (Å²) in [5.41, 5.74) is 12.4. The van der Waals surface area contributed by atoms with Crippen LogP contribution >= 0.6 is 0 Å². The van der Waals surface area contributed by atoms with Crippen molar-refractivity contribution in [1.82, 2.24) is 9.55 Å². The highest BCUT2D eigenvalue weighted by molar-refractivity contribution is 6.10. The van der Waals surface area contributed by atoms with E-state index in [9.17, 15) is 0 Å².